The fourth-order valence-corrected chi connectivity index (χ4v) is 1.65. The number of rotatable bonds is 3. The van der Waals surface area contributed by atoms with E-state index >= 15 is 0 Å². The molecule has 0 N–H and O–H groups in total. The van der Waals surface area contributed by atoms with Crippen molar-refractivity contribution in [2.45, 2.75) is 12.8 Å². The van der Waals surface area contributed by atoms with Crippen molar-refractivity contribution in [3.8, 4) is 0 Å². The molecule has 0 heterocycles. The van der Waals surface area contributed by atoms with Gasteiger partial charge in [0.05, 0.1) is 0 Å². The minimum absolute atomic E-state index is 0. The van der Waals surface area contributed by atoms with Crippen LogP contribution in [0.1, 0.15) is 12.0 Å². The molecular weight excluding hydrogens is 247 g/mol. The first kappa shape index (κ1) is 11.7. The number of hydrogen-bond donors (Lipinski definition) is 0. The van der Waals surface area contributed by atoms with E-state index in [0.717, 1.165) is 0 Å². The molecule has 1 aromatic rings. The van der Waals surface area contributed by atoms with Gasteiger partial charge in [-0.1, -0.05) is 54.6 Å². The van der Waals surface area contributed by atoms with Gasteiger partial charge in [-0.05, 0) is 24.3 Å². The summed E-state index contributed by atoms with van der Waals surface area (Å²) in [4.78, 5) is 0. The van der Waals surface area contributed by atoms with Crippen LogP contribution < -0.4 is 0 Å². The zero-order chi connectivity index (χ0) is 8.93. The van der Waals surface area contributed by atoms with Gasteiger partial charge in [0.2, 0.25) is 0 Å². The van der Waals surface area contributed by atoms with Crippen LogP contribution in [0.3, 0.4) is 0 Å². The summed E-state index contributed by atoms with van der Waals surface area (Å²) < 4.78 is 0. The average molecular weight is 261 g/mol. The van der Waals surface area contributed by atoms with E-state index in [9.17, 15) is 0 Å². The van der Waals surface area contributed by atoms with Gasteiger partial charge in [0.25, 0.3) is 0 Å². The Kier molecular flexibility index (Phi) is 5.11. The predicted octanol–water partition coefficient (Wildman–Crippen LogP) is 3.36. The van der Waals surface area contributed by atoms with Crippen molar-refractivity contribution in [3.05, 3.63) is 60.2 Å². The molecule has 1 aliphatic carbocycles. The Labute approximate surface area is 105 Å². The van der Waals surface area contributed by atoms with Gasteiger partial charge < -0.3 is 0 Å². The summed E-state index contributed by atoms with van der Waals surface area (Å²) in [6.45, 7) is 0. The van der Waals surface area contributed by atoms with Crippen molar-refractivity contribution in [3.63, 3.8) is 0 Å². The molecule has 0 nitrogen and oxygen atoms in total. The molecule has 0 radical (unpaired) electrons. The van der Waals surface area contributed by atoms with Crippen LogP contribution in [-0.2, 0) is 32.6 Å². The van der Waals surface area contributed by atoms with Gasteiger partial charge >= 0.3 is 0 Å². The Hall–Kier alpha value is -0.417. The second kappa shape index (κ2) is 6.14. The second-order valence-corrected chi connectivity index (χ2v) is 3.46. The van der Waals surface area contributed by atoms with E-state index in [1.807, 2.05) is 0 Å². The molecule has 1 heteroatoms. The maximum Gasteiger partial charge on any atom is 0 e. The van der Waals surface area contributed by atoms with Gasteiger partial charge in [0, 0.05) is 26.2 Å². The van der Waals surface area contributed by atoms with Gasteiger partial charge in [0.1, 0.15) is 0 Å². The summed E-state index contributed by atoms with van der Waals surface area (Å²) in [5, 5.41) is 0. The van der Waals surface area contributed by atoms with Crippen molar-refractivity contribution in [2.24, 2.45) is 5.92 Å². The van der Waals surface area contributed by atoms with Crippen molar-refractivity contribution in [2.75, 3.05) is 0 Å². The largest absolute Gasteiger partial charge is 0.0776 e. The minimum atomic E-state index is 0. The van der Waals surface area contributed by atoms with Gasteiger partial charge in [0.15, 0.2) is 0 Å². The van der Waals surface area contributed by atoms with Crippen LogP contribution in [0.25, 0.3) is 0 Å². The molecule has 0 bridgehead atoms. The zero-order valence-electron chi connectivity index (χ0n) is 8.19. The maximum absolute atomic E-state index is 2.27. The molecule has 0 saturated carbocycles. The SMILES string of the molecule is C1=CC(CCc2ccccc2)C=C1.[Zr]. The first-order valence-electron chi connectivity index (χ1n) is 4.84. The van der Waals surface area contributed by atoms with Gasteiger partial charge in [-0.2, -0.15) is 0 Å². The van der Waals surface area contributed by atoms with Gasteiger partial charge in [-0.3, -0.25) is 0 Å². The van der Waals surface area contributed by atoms with Crippen molar-refractivity contribution < 1.29 is 26.2 Å². The molecule has 70 valence electrons. The predicted molar refractivity (Wildman–Crippen MR) is 56.5 cm³/mol. The Morgan fingerprint density at radius 2 is 1.57 bits per heavy atom. The van der Waals surface area contributed by atoms with Crippen LogP contribution in [-0.4, -0.2) is 0 Å². The van der Waals surface area contributed by atoms with Crippen molar-refractivity contribution in [1.82, 2.24) is 0 Å². The Bertz CT molecular complexity index is 299. The van der Waals surface area contributed by atoms with Crippen LogP contribution in [0.15, 0.2) is 54.6 Å². The molecule has 0 atom stereocenters. The molecule has 0 unspecified atom stereocenters. The van der Waals surface area contributed by atoms with E-state index in [2.05, 4.69) is 54.6 Å². The van der Waals surface area contributed by atoms with E-state index in [0.29, 0.717) is 5.92 Å². The average Bonchev–Trinajstić information content (AvgIpc) is 2.69. The van der Waals surface area contributed by atoms with Gasteiger partial charge in [-0.15, -0.1) is 0 Å². The third kappa shape index (κ3) is 3.38. The van der Waals surface area contributed by atoms with Crippen LogP contribution in [0.2, 0.25) is 0 Å². The van der Waals surface area contributed by atoms with Crippen LogP contribution in [0.5, 0.6) is 0 Å². The molecule has 2 rings (SSSR count). The summed E-state index contributed by atoms with van der Waals surface area (Å²) in [5.41, 5.74) is 1.44. The molecule has 0 amide bonds. The van der Waals surface area contributed by atoms with E-state index in [1.54, 1.807) is 0 Å². The summed E-state index contributed by atoms with van der Waals surface area (Å²) in [5.74, 6) is 0.667. The maximum atomic E-state index is 2.27. The fraction of sp³-hybridized carbons (Fsp3) is 0.231. The number of allylic oxidation sites excluding steroid dienone is 4. The standard InChI is InChI=1S/C13H14.Zr/c1-2-6-12(7-3-1)10-11-13-8-4-5-9-13;/h1-9,13H,10-11H2;. The Morgan fingerprint density at radius 1 is 0.929 bits per heavy atom. The van der Waals surface area contributed by atoms with E-state index in [1.165, 1.54) is 18.4 Å². The van der Waals surface area contributed by atoms with Crippen LogP contribution in [0, 0.1) is 5.92 Å². The third-order valence-electron chi connectivity index (χ3n) is 2.44. The molecule has 0 fully saturated rings. The van der Waals surface area contributed by atoms with Gasteiger partial charge in [-0.25, -0.2) is 0 Å². The molecular formula is C13H14Zr. The topological polar surface area (TPSA) is 0 Å². The summed E-state index contributed by atoms with van der Waals surface area (Å²) in [6, 6.07) is 10.7. The molecule has 14 heavy (non-hydrogen) atoms. The first-order valence-corrected chi connectivity index (χ1v) is 4.84. The normalized spacial score (nSPS) is 14.3. The van der Waals surface area contributed by atoms with E-state index in [-0.39, 0.29) is 26.2 Å². The van der Waals surface area contributed by atoms with E-state index in [4.69, 9.17) is 0 Å². The fourth-order valence-electron chi connectivity index (χ4n) is 1.65. The quantitative estimate of drug-likeness (QED) is 0.783. The molecule has 0 spiro atoms. The second-order valence-electron chi connectivity index (χ2n) is 3.46. The van der Waals surface area contributed by atoms with E-state index < -0.39 is 0 Å². The molecule has 0 aromatic heterocycles. The van der Waals surface area contributed by atoms with Crippen LogP contribution >= 0.6 is 0 Å². The third-order valence-corrected chi connectivity index (χ3v) is 2.44. The van der Waals surface area contributed by atoms with Crippen LogP contribution in [0.4, 0.5) is 0 Å². The Morgan fingerprint density at radius 3 is 2.21 bits per heavy atom. The zero-order valence-corrected chi connectivity index (χ0v) is 10.6. The van der Waals surface area contributed by atoms with Crippen molar-refractivity contribution >= 4 is 0 Å². The van der Waals surface area contributed by atoms with Crippen molar-refractivity contribution in [1.29, 1.82) is 0 Å². The smallest absolute Gasteiger partial charge is 0 e. The molecule has 1 aromatic carbocycles. The number of hydrogen-bond acceptors (Lipinski definition) is 0. The Balaban J connectivity index is 0.000000980. The number of benzene rings is 1. The minimum Gasteiger partial charge on any atom is -0.0776 e. The molecule has 1 aliphatic rings. The number of aryl methyl sites for hydroxylation is 1. The summed E-state index contributed by atoms with van der Waals surface area (Å²) in [7, 11) is 0. The molecule has 0 aliphatic heterocycles. The first-order chi connectivity index (χ1) is 6.45. The summed E-state index contributed by atoms with van der Waals surface area (Å²) in [6.07, 6.45) is 11.2. The molecule has 0 saturated heterocycles. The monoisotopic (exact) mass is 260 g/mol. The summed E-state index contributed by atoms with van der Waals surface area (Å²) >= 11 is 0.